The van der Waals surface area contributed by atoms with Gasteiger partial charge in [0.15, 0.2) is 6.29 Å². The van der Waals surface area contributed by atoms with Gasteiger partial charge in [0.2, 0.25) is 0 Å². The van der Waals surface area contributed by atoms with Crippen LogP contribution in [0.5, 0.6) is 0 Å². The highest BCUT2D eigenvalue weighted by atomic mass is 16.1. The van der Waals surface area contributed by atoms with Gasteiger partial charge in [-0.2, -0.15) is 5.10 Å². The van der Waals surface area contributed by atoms with Crippen molar-refractivity contribution in [2.24, 2.45) is 0 Å². The molecule has 0 fully saturated rings. The van der Waals surface area contributed by atoms with Crippen molar-refractivity contribution in [3.05, 3.63) is 71.4 Å². The molecule has 3 heteroatoms. The molecule has 0 atom stereocenters. The van der Waals surface area contributed by atoms with Crippen LogP contribution in [0.4, 0.5) is 0 Å². The normalized spacial score (nSPS) is 10.6. The van der Waals surface area contributed by atoms with Gasteiger partial charge in [-0.3, -0.25) is 4.79 Å². The van der Waals surface area contributed by atoms with Gasteiger partial charge in [0.1, 0.15) is 0 Å². The SMILES string of the molecule is Cc1ccc(C)c(-n2ncc(C=O)c2-c2ccccc2)c1. The first-order valence-electron chi connectivity index (χ1n) is 6.87. The fourth-order valence-electron chi connectivity index (χ4n) is 2.46. The zero-order valence-corrected chi connectivity index (χ0v) is 12.1. The molecule has 0 spiro atoms. The smallest absolute Gasteiger partial charge is 0.153 e. The van der Waals surface area contributed by atoms with Gasteiger partial charge < -0.3 is 0 Å². The van der Waals surface area contributed by atoms with Crippen LogP contribution >= 0.6 is 0 Å². The maximum Gasteiger partial charge on any atom is 0.153 e. The molecule has 0 aliphatic carbocycles. The number of nitrogens with zero attached hydrogens (tertiary/aromatic N) is 2. The number of hydrogen-bond acceptors (Lipinski definition) is 2. The van der Waals surface area contributed by atoms with Crippen LogP contribution in [0.15, 0.2) is 54.7 Å². The number of benzene rings is 2. The van der Waals surface area contributed by atoms with E-state index in [1.54, 1.807) is 6.20 Å². The summed E-state index contributed by atoms with van der Waals surface area (Å²) in [7, 11) is 0. The number of aryl methyl sites for hydroxylation is 2. The highest BCUT2D eigenvalue weighted by Gasteiger charge is 2.15. The second-order valence-electron chi connectivity index (χ2n) is 5.13. The van der Waals surface area contributed by atoms with Crippen LogP contribution in [0.2, 0.25) is 0 Å². The molecule has 0 bridgehead atoms. The lowest BCUT2D eigenvalue weighted by atomic mass is 10.1. The predicted octanol–water partition coefficient (Wildman–Crippen LogP) is 3.97. The Morgan fingerprint density at radius 2 is 1.81 bits per heavy atom. The largest absolute Gasteiger partial charge is 0.298 e. The Hall–Kier alpha value is -2.68. The van der Waals surface area contributed by atoms with Crippen molar-refractivity contribution in [2.75, 3.05) is 0 Å². The van der Waals surface area contributed by atoms with E-state index in [2.05, 4.69) is 30.2 Å². The molecule has 1 aromatic heterocycles. The fourth-order valence-corrected chi connectivity index (χ4v) is 2.46. The molecule has 0 unspecified atom stereocenters. The van der Waals surface area contributed by atoms with Crippen LogP contribution < -0.4 is 0 Å². The number of rotatable bonds is 3. The zero-order valence-electron chi connectivity index (χ0n) is 12.1. The van der Waals surface area contributed by atoms with Gasteiger partial charge in [-0.1, -0.05) is 42.5 Å². The van der Waals surface area contributed by atoms with Gasteiger partial charge in [-0.05, 0) is 31.0 Å². The zero-order chi connectivity index (χ0) is 14.8. The lowest BCUT2D eigenvalue weighted by Gasteiger charge is -2.12. The van der Waals surface area contributed by atoms with E-state index in [0.29, 0.717) is 5.56 Å². The van der Waals surface area contributed by atoms with Gasteiger partial charge in [0, 0.05) is 5.56 Å². The third-order valence-electron chi connectivity index (χ3n) is 3.56. The van der Waals surface area contributed by atoms with Crippen LogP contribution in [-0.2, 0) is 0 Å². The minimum Gasteiger partial charge on any atom is -0.298 e. The molecule has 21 heavy (non-hydrogen) atoms. The van der Waals surface area contributed by atoms with Gasteiger partial charge >= 0.3 is 0 Å². The number of aldehydes is 1. The topological polar surface area (TPSA) is 34.9 Å². The summed E-state index contributed by atoms with van der Waals surface area (Å²) in [6.45, 7) is 4.10. The van der Waals surface area contributed by atoms with Crippen molar-refractivity contribution < 1.29 is 4.79 Å². The maximum absolute atomic E-state index is 11.3. The molecule has 3 nitrogen and oxygen atoms in total. The maximum atomic E-state index is 11.3. The van der Waals surface area contributed by atoms with Crippen LogP contribution in [0.1, 0.15) is 21.5 Å². The van der Waals surface area contributed by atoms with Crippen molar-refractivity contribution >= 4 is 6.29 Å². The minimum absolute atomic E-state index is 0.599. The van der Waals surface area contributed by atoms with E-state index < -0.39 is 0 Å². The molecule has 0 saturated carbocycles. The van der Waals surface area contributed by atoms with E-state index in [4.69, 9.17) is 0 Å². The second-order valence-corrected chi connectivity index (χ2v) is 5.13. The van der Waals surface area contributed by atoms with Gasteiger partial charge in [-0.25, -0.2) is 4.68 Å². The van der Waals surface area contributed by atoms with E-state index >= 15 is 0 Å². The first-order valence-corrected chi connectivity index (χ1v) is 6.87. The molecule has 3 aromatic rings. The molecule has 0 aliphatic rings. The molecule has 1 heterocycles. The van der Waals surface area contributed by atoms with Crippen LogP contribution in [0, 0.1) is 13.8 Å². The van der Waals surface area contributed by atoms with Gasteiger partial charge in [0.05, 0.1) is 23.1 Å². The third-order valence-corrected chi connectivity index (χ3v) is 3.56. The first kappa shape index (κ1) is 13.3. The predicted molar refractivity (Wildman–Crippen MR) is 83.9 cm³/mol. The molecule has 0 N–H and O–H groups in total. The Morgan fingerprint density at radius 1 is 1.05 bits per heavy atom. The van der Waals surface area contributed by atoms with Crippen molar-refractivity contribution in [2.45, 2.75) is 13.8 Å². The Morgan fingerprint density at radius 3 is 2.52 bits per heavy atom. The summed E-state index contributed by atoms with van der Waals surface area (Å²) in [5, 5.41) is 4.42. The molecular formula is C18H16N2O. The summed E-state index contributed by atoms with van der Waals surface area (Å²) < 4.78 is 1.85. The lowest BCUT2D eigenvalue weighted by molar-refractivity contribution is 0.112. The number of carbonyl (C=O) groups excluding carboxylic acids is 1. The molecule has 0 amide bonds. The Labute approximate surface area is 123 Å². The summed E-state index contributed by atoms with van der Waals surface area (Å²) in [5.74, 6) is 0. The van der Waals surface area contributed by atoms with Crippen molar-refractivity contribution in [1.82, 2.24) is 9.78 Å². The van der Waals surface area contributed by atoms with Crippen molar-refractivity contribution in [3.8, 4) is 16.9 Å². The van der Waals surface area contributed by atoms with E-state index in [1.165, 1.54) is 0 Å². The Balaban J connectivity index is 2.27. The molecule has 3 rings (SSSR count). The monoisotopic (exact) mass is 276 g/mol. The minimum atomic E-state index is 0.599. The average molecular weight is 276 g/mol. The summed E-state index contributed by atoms with van der Waals surface area (Å²) in [6.07, 6.45) is 2.48. The third kappa shape index (κ3) is 2.38. The fraction of sp³-hybridized carbons (Fsp3) is 0.111. The van der Waals surface area contributed by atoms with E-state index in [9.17, 15) is 4.79 Å². The quantitative estimate of drug-likeness (QED) is 0.678. The standard InChI is InChI=1S/C18H16N2O/c1-13-8-9-14(2)17(10-13)20-18(16(12-21)11-19-20)15-6-4-3-5-7-15/h3-12H,1-2H3. The molecule has 0 aliphatic heterocycles. The van der Waals surface area contributed by atoms with Crippen LogP contribution in [0.3, 0.4) is 0 Å². The summed E-state index contributed by atoms with van der Waals surface area (Å²) in [5.41, 5.74) is 5.71. The van der Waals surface area contributed by atoms with Crippen LogP contribution in [-0.4, -0.2) is 16.1 Å². The van der Waals surface area contributed by atoms with Crippen LogP contribution in [0.25, 0.3) is 16.9 Å². The lowest BCUT2D eigenvalue weighted by Crippen LogP contribution is -2.02. The van der Waals surface area contributed by atoms with E-state index in [1.807, 2.05) is 41.9 Å². The van der Waals surface area contributed by atoms with Gasteiger partial charge in [-0.15, -0.1) is 0 Å². The number of carbonyl (C=O) groups is 1. The van der Waals surface area contributed by atoms with Crippen molar-refractivity contribution in [1.29, 1.82) is 0 Å². The van der Waals surface area contributed by atoms with Gasteiger partial charge in [0.25, 0.3) is 0 Å². The summed E-state index contributed by atoms with van der Waals surface area (Å²) in [6, 6.07) is 16.1. The number of hydrogen-bond donors (Lipinski definition) is 0. The van der Waals surface area contributed by atoms with E-state index in [0.717, 1.165) is 34.4 Å². The molecule has 2 aromatic carbocycles. The Bertz CT molecular complexity index is 788. The number of aromatic nitrogens is 2. The molecule has 0 saturated heterocycles. The summed E-state index contributed by atoms with van der Waals surface area (Å²) >= 11 is 0. The van der Waals surface area contributed by atoms with E-state index in [-0.39, 0.29) is 0 Å². The average Bonchev–Trinajstić information content (AvgIpc) is 2.94. The second kappa shape index (κ2) is 5.37. The first-order chi connectivity index (χ1) is 10.2. The summed E-state index contributed by atoms with van der Waals surface area (Å²) in [4.78, 5) is 11.3. The molecule has 0 radical (unpaired) electrons. The highest BCUT2D eigenvalue weighted by molar-refractivity contribution is 5.86. The molecule has 104 valence electrons. The van der Waals surface area contributed by atoms with Crippen molar-refractivity contribution in [3.63, 3.8) is 0 Å². The highest BCUT2D eigenvalue weighted by Crippen LogP contribution is 2.27. The Kier molecular flexibility index (Phi) is 3.40. The molecular weight excluding hydrogens is 260 g/mol.